The highest BCUT2D eigenvalue weighted by atomic mass is 35.5. The number of thioether (sulfide) groups is 1. The largest absolute Gasteiger partial charge is 0.212 e. The predicted molar refractivity (Wildman–Crippen MR) is 94.3 cm³/mol. The first-order valence-electron chi connectivity index (χ1n) is 7.20. The van der Waals surface area contributed by atoms with E-state index in [1.165, 1.54) is 11.1 Å². The van der Waals surface area contributed by atoms with Crippen molar-refractivity contribution in [1.29, 1.82) is 0 Å². The number of hydrogen-bond donors (Lipinski definition) is 0. The van der Waals surface area contributed by atoms with E-state index in [2.05, 4.69) is 29.3 Å². The van der Waals surface area contributed by atoms with Gasteiger partial charge in [0.1, 0.15) is 0 Å². The molecule has 0 spiro atoms. The summed E-state index contributed by atoms with van der Waals surface area (Å²) in [6.07, 6.45) is 0. The summed E-state index contributed by atoms with van der Waals surface area (Å²) in [6.45, 7) is 2.10. The van der Waals surface area contributed by atoms with Crippen molar-refractivity contribution in [3.8, 4) is 11.4 Å². The molecule has 6 heteroatoms. The molecule has 0 saturated heterocycles. The van der Waals surface area contributed by atoms with Crippen molar-refractivity contribution in [3.05, 3.63) is 64.7 Å². The summed E-state index contributed by atoms with van der Waals surface area (Å²) in [6, 6.07) is 15.8. The van der Waals surface area contributed by atoms with Gasteiger partial charge in [0.25, 0.3) is 0 Å². The fourth-order valence-corrected chi connectivity index (χ4v) is 3.49. The number of rotatable bonds is 2. The number of fused-ring (bicyclic) bond motifs is 1. The zero-order valence-corrected chi connectivity index (χ0v) is 14.0. The summed E-state index contributed by atoms with van der Waals surface area (Å²) in [4.78, 5) is 0. The zero-order valence-electron chi connectivity index (χ0n) is 12.4. The Kier molecular flexibility index (Phi) is 3.67. The molecule has 2 aromatic carbocycles. The lowest BCUT2D eigenvalue weighted by Gasteiger charge is -2.15. The summed E-state index contributed by atoms with van der Waals surface area (Å²) in [5.41, 5.74) is 4.37. The maximum Gasteiger partial charge on any atom is 0.212 e. The van der Waals surface area contributed by atoms with E-state index in [0.717, 1.165) is 28.0 Å². The van der Waals surface area contributed by atoms with Gasteiger partial charge in [-0.25, -0.2) is 0 Å². The summed E-state index contributed by atoms with van der Waals surface area (Å²) >= 11 is 7.61. The molecule has 0 N–H and O–H groups in total. The molecule has 0 fully saturated rings. The fourth-order valence-electron chi connectivity index (χ4n) is 2.54. The molecule has 23 heavy (non-hydrogen) atoms. The number of halogens is 1. The Morgan fingerprint density at radius 1 is 1.04 bits per heavy atom. The van der Waals surface area contributed by atoms with E-state index in [4.69, 9.17) is 16.7 Å². The number of hydrogen-bond acceptors (Lipinski definition) is 4. The van der Waals surface area contributed by atoms with E-state index < -0.39 is 0 Å². The molecule has 0 atom stereocenters. The molecule has 4 rings (SSSR count). The van der Waals surface area contributed by atoms with E-state index >= 15 is 0 Å². The molecule has 0 amide bonds. The highest BCUT2D eigenvalue weighted by molar-refractivity contribution is 7.99. The standard InChI is InChI=1S/C17H13ClN4S/c1-11-4-2-3-5-14(11)15-10-23-17-20-19-16(22(17)21-15)12-6-8-13(18)9-7-12/h2-9H,10H2,1H3. The Hall–Kier alpha value is -2.11. The second-order valence-electron chi connectivity index (χ2n) is 5.28. The summed E-state index contributed by atoms with van der Waals surface area (Å²) in [7, 11) is 0. The van der Waals surface area contributed by atoms with Crippen molar-refractivity contribution in [2.75, 3.05) is 5.75 Å². The normalized spacial score (nSPS) is 13.6. The first-order chi connectivity index (χ1) is 11.2. The van der Waals surface area contributed by atoms with Gasteiger partial charge in [-0.2, -0.15) is 9.78 Å². The van der Waals surface area contributed by atoms with Gasteiger partial charge in [0.2, 0.25) is 5.16 Å². The molecular formula is C17H13ClN4S. The Bertz CT molecular complexity index is 899. The third kappa shape index (κ3) is 2.66. The minimum atomic E-state index is 0.700. The molecule has 0 unspecified atom stereocenters. The van der Waals surface area contributed by atoms with Gasteiger partial charge in [0.05, 0.1) is 5.71 Å². The van der Waals surface area contributed by atoms with Crippen LogP contribution in [0.4, 0.5) is 0 Å². The molecule has 1 aliphatic heterocycles. The minimum Gasteiger partial charge on any atom is -0.187 e. The third-order valence-corrected chi connectivity index (χ3v) is 4.91. The van der Waals surface area contributed by atoms with Gasteiger partial charge >= 0.3 is 0 Å². The molecule has 1 aromatic heterocycles. The lowest BCUT2D eigenvalue weighted by atomic mass is 10.1. The molecule has 3 aromatic rings. The number of aryl methyl sites for hydroxylation is 1. The number of benzene rings is 2. The van der Waals surface area contributed by atoms with Gasteiger partial charge in [-0.15, -0.1) is 10.2 Å². The molecule has 0 radical (unpaired) electrons. The molecule has 2 heterocycles. The highest BCUT2D eigenvalue weighted by Crippen LogP contribution is 2.29. The highest BCUT2D eigenvalue weighted by Gasteiger charge is 2.21. The Morgan fingerprint density at radius 2 is 1.83 bits per heavy atom. The van der Waals surface area contributed by atoms with Crippen LogP contribution in [0.3, 0.4) is 0 Å². The lowest BCUT2D eigenvalue weighted by Crippen LogP contribution is -2.14. The molecule has 0 aliphatic carbocycles. The molecule has 114 valence electrons. The van der Waals surface area contributed by atoms with Crippen molar-refractivity contribution < 1.29 is 0 Å². The van der Waals surface area contributed by atoms with Gasteiger partial charge in [-0.1, -0.05) is 47.6 Å². The fraction of sp³-hybridized carbons (Fsp3) is 0.118. The average molecular weight is 341 g/mol. The topological polar surface area (TPSA) is 43.1 Å². The lowest BCUT2D eigenvalue weighted by molar-refractivity contribution is 0.762. The van der Waals surface area contributed by atoms with Crippen LogP contribution < -0.4 is 0 Å². The van der Waals surface area contributed by atoms with Gasteiger partial charge < -0.3 is 0 Å². The molecule has 4 nitrogen and oxygen atoms in total. The molecule has 0 saturated carbocycles. The van der Waals surface area contributed by atoms with E-state index in [0.29, 0.717) is 5.02 Å². The summed E-state index contributed by atoms with van der Waals surface area (Å²) < 4.78 is 1.82. The summed E-state index contributed by atoms with van der Waals surface area (Å²) in [5, 5.41) is 14.8. The van der Waals surface area contributed by atoms with E-state index in [1.807, 2.05) is 41.1 Å². The first-order valence-corrected chi connectivity index (χ1v) is 8.57. The van der Waals surface area contributed by atoms with Gasteiger partial charge in [-0.3, -0.25) is 0 Å². The van der Waals surface area contributed by atoms with Gasteiger partial charge in [-0.05, 0) is 36.8 Å². The summed E-state index contributed by atoms with van der Waals surface area (Å²) in [5.74, 6) is 1.53. The van der Waals surface area contributed by atoms with E-state index in [9.17, 15) is 0 Å². The third-order valence-electron chi connectivity index (χ3n) is 3.73. The monoisotopic (exact) mass is 340 g/mol. The van der Waals surface area contributed by atoms with E-state index in [1.54, 1.807) is 11.8 Å². The van der Waals surface area contributed by atoms with Crippen molar-refractivity contribution in [3.63, 3.8) is 0 Å². The van der Waals surface area contributed by atoms with Crippen molar-refractivity contribution in [1.82, 2.24) is 14.9 Å². The number of nitrogens with zero attached hydrogens (tertiary/aromatic N) is 4. The van der Waals surface area contributed by atoms with Crippen molar-refractivity contribution in [2.45, 2.75) is 12.1 Å². The second kappa shape index (κ2) is 5.83. The van der Waals surface area contributed by atoms with E-state index in [-0.39, 0.29) is 0 Å². The Labute approximate surface area is 143 Å². The van der Waals surface area contributed by atoms with Crippen molar-refractivity contribution >= 4 is 29.1 Å². The smallest absolute Gasteiger partial charge is 0.187 e. The van der Waals surface area contributed by atoms with Crippen LogP contribution in [-0.4, -0.2) is 26.3 Å². The maximum atomic E-state index is 5.96. The van der Waals surface area contributed by atoms with Crippen molar-refractivity contribution in [2.24, 2.45) is 5.10 Å². The first kappa shape index (κ1) is 14.5. The van der Waals surface area contributed by atoms with Crippen LogP contribution in [0.25, 0.3) is 11.4 Å². The predicted octanol–water partition coefficient (Wildman–Crippen LogP) is 4.27. The molecule has 0 bridgehead atoms. The second-order valence-corrected chi connectivity index (χ2v) is 6.65. The average Bonchev–Trinajstić information content (AvgIpc) is 2.99. The Morgan fingerprint density at radius 3 is 2.61 bits per heavy atom. The molecular weight excluding hydrogens is 328 g/mol. The Balaban J connectivity index is 1.81. The van der Waals surface area contributed by atoms with Gasteiger partial charge in [0.15, 0.2) is 5.82 Å². The van der Waals surface area contributed by atoms with Crippen LogP contribution in [0, 0.1) is 6.92 Å². The van der Waals surface area contributed by atoms with Crippen LogP contribution in [0.5, 0.6) is 0 Å². The van der Waals surface area contributed by atoms with Crippen LogP contribution >= 0.6 is 23.4 Å². The maximum absolute atomic E-state index is 5.96. The number of aromatic nitrogens is 3. The van der Waals surface area contributed by atoms with Crippen LogP contribution in [0.15, 0.2) is 58.8 Å². The molecule has 1 aliphatic rings. The van der Waals surface area contributed by atoms with Crippen LogP contribution in [0.1, 0.15) is 11.1 Å². The quantitative estimate of drug-likeness (QED) is 0.700. The van der Waals surface area contributed by atoms with Gasteiger partial charge in [0, 0.05) is 21.9 Å². The SMILES string of the molecule is Cc1ccccc1C1=Nn2c(nnc2-c2ccc(Cl)cc2)SC1. The minimum absolute atomic E-state index is 0.700. The van der Waals surface area contributed by atoms with Crippen LogP contribution in [-0.2, 0) is 0 Å². The van der Waals surface area contributed by atoms with Crippen LogP contribution in [0.2, 0.25) is 5.02 Å². The zero-order chi connectivity index (χ0) is 15.8.